The van der Waals surface area contributed by atoms with Crippen molar-refractivity contribution in [3.63, 3.8) is 0 Å². The minimum Gasteiger partial charge on any atom is -0.368 e. The Bertz CT molecular complexity index is 539. The first-order valence-corrected chi connectivity index (χ1v) is 10.1. The maximum Gasteiger partial charge on any atom is 0.251 e. The van der Waals surface area contributed by atoms with Crippen LogP contribution in [0.2, 0.25) is 0 Å². The quantitative estimate of drug-likeness (QED) is 0.744. The number of hydrogen-bond donors (Lipinski definition) is 1. The molecule has 7 nitrogen and oxygen atoms in total. The van der Waals surface area contributed by atoms with Crippen molar-refractivity contribution in [1.29, 1.82) is 0 Å². The van der Waals surface area contributed by atoms with E-state index in [0.29, 0.717) is 12.6 Å². The van der Waals surface area contributed by atoms with E-state index in [1.165, 1.54) is 0 Å². The van der Waals surface area contributed by atoms with Gasteiger partial charge in [-0.05, 0) is 44.9 Å². The van der Waals surface area contributed by atoms with Gasteiger partial charge in [0.15, 0.2) is 0 Å². The smallest absolute Gasteiger partial charge is 0.251 e. The number of nitrogens with two attached hydrogens (primary N) is 1. The molecule has 4 heterocycles. The van der Waals surface area contributed by atoms with Gasteiger partial charge in [-0.3, -0.25) is 19.4 Å². The molecule has 1 radical (unpaired) electrons. The maximum atomic E-state index is 12.4. The Morgan fingerprint density at radius 2 is 1.96 bits per heavy atom. The Hall–Kier alpha value is -1.18. The standard InChI is InChI=1S/C19H31N4O3/c20-18(25)19-6-1-3-15(5-7-19)23(19)13-10-21-8-11-22(12-9-21)17(24)16-4-2-14-26-16/h1,15-16H,2-14H2,(H2,20,25)/t15-,16?,19+/m1/s1. The molecule has 4 rings (SSSR count). The van der Waals surface area contributed by atoms with Crippen LogP contribution >= 0.6 is 0 Å². The third-order valence-electron chi connectivity index (χ3n) is 6.81. The van der Waals surface area contributed by atoms with E-state index in [1.54, 1.807) is 0 Å². The van der Waals surface area contributed by atoms with E-state index in [9.17, 15) is 9.59 Å². The molecular formula is C19H31N4O3. The lowest BCUT2D eigenvalue weighted by atomic mass is 9.87. The van der Waals surface area contributed by atoms with E-state index >= 15 is 0 Å². The Labute approximate surface area is 155 Å². The van der Waals surface area contributed by atoms with Gasteiger partial charge < -0.3 is 15.4 Å². The van der Waals surface area contributed by atoms with Gasteiger partial charge in [-0.2, -0.15) is 0 Å². The van der Waals surface area contributed by atoms with Crippen molar-refractivity contribution in [3.05, 3.63) is 6.42 Å². The highest BCUT2D eigenvalue weighted by Crippen LogP contribution is 2.43. The van der Waals surface area contributed by atoms with Crippen LogP contribution in [0.3, 0.4) is 0 Å². The molecule has 4 aliphatic heterocycles. The molecular weight excluding hydrogens is 332 g/mol. The molecule has 145 valence electrons. The van der Waals surface area contributed by atoms with Crippen LogP contribution in [0, 0.1) is 6.42 Å². The third-order valence-corrected chi connectivity index (χ3v) is 6.81. The summed E-state index contributed by atoms with van der Waals surface area (Å²) >= 11 is 0. The number of nitrogens with zero attached hydrogens (tertiary/aromatic N) is 3. The second-order valence-electron chi connectivity index (χ2n) is 8.18. The Morgan fingerprint density at radius 1 is 1.15 bits per heavy atom. The average Bonchev–Trinajstić information content (AvgIpc) is 3.25. The van der Waals surface area contributed by atoms with Gasteiger partial charge in [-0.15, -0.1) is 0 Å². The fourth-order valence-electron chi connectivity index (χ4n) is 5.21. The fraction of sp³-hybridized carbons (Fsp3) is 0.842. The van der Waals surface area contributed by atoms with Crippen molar-refractivity contribution in [3.8, 4) is 0 Å². The first kappa shape index (κ1) is 18.2. The minimum atomic E-state index is -0.444. The van der Waals surface area contributed by atoms with Crippen LogP contribution in [0.4, 0.5) is 0 Å². The number of primary amides is 1. The number of hydrogen-bond acceptors (Lipinski definition) is 5. The number of rotatable bonds is 5. The van der Waals surface area contributed by atoms with Crippen molar-refractivity contribution in [2.24, 2.45) is 5.73 Å². The zero-order valence-electron chi connectivity index (χ0n) is 15.6. The summed E-state index contributed by atoms with van der Waals surface area (Å²) in [6.07, 6.45) is 7.72. The van der Waals surface area contributed by atoms with Gasteiger partial charge in [0.2, 0.25) is 5.91 Å². The predicted octanol–water partition coefficient (Wildman–Crippen LogP) is -0.00381. The van der Waals surface area contributed by atoms with E-state index in [4.69, 9.17) is 10.5 Å². The highest BCUT2D eigenvalue weighted by Gasteiger charge is 2.52. The van der Waals surface area contributed by atoms with Crippen molar-refractivity contribution >= 4 is 11.8 Å². The van der Waals surface area contributed by atoms with Crippen LogP contribution in [0.25, 0.3) is 0 Å². The number of fused-ring (bicyclic) bond motifs is 2. The molecule has 3 atom stereocenters. The van der Waals surface area contributed by atoms with Crippen molar-refractivity contribution < 1.29 is 14.3 Å². The minimum absolute atomic E-state index is 0.164. The summed E-state index contributed by atoms with van der Waals surface area (Å²) in [6.45, 7) is 5.88. The van der Waals surface area contributed by atoms with Crippen molar-refractivity contribution in [2.45, 2.75) is 56.2 Å². The van der Waals surface area contributed by atoms with E-state index in [0.717, 1.165) is 77.8 Å². The van der Waals surface area contributed by atoms with Gasteiger partial charge in [0.25, 0.3) is 5.91 Å². The molecule has 0 saturated carbocycles. The third kappa shape index (κ3) is 3.25. The molecule has 2 bridgehead atoms. The summed E-state index contributed by atoms with van der Waals surface area (Å²) in [6, 6.07) is 0.471. The zero-order valence-corrected chi connectivity index (χ0v) is 15.6. The second-order valence-corrected chi connectivity index (χ2v) is 8.18. The van der Waals surface area contributed by atoms with E-state index in [-0.39, 0.29) is 17.9 Å². The molecule has 0 aliphatic carbocycles. The lowest BCUT2D eigenvalue weighted by molar-refractivity contribution is -0.142. The molecule has 7 heteroatoms. The Kier molecular flexibility index (Phi) is 5.21. The highest BCUT2D eigenvalue weighted by molar-refractivity contribution is 5.85. The molecule has 2 amide bonds. The van der Waals surface area contributed by atoms with Crippen LogP contribution in [0.5, 0.6) is 0 Å². The van der Waals surface area contributed by atoms with E-state index in [1.807, 2.05) is 4.90 Å². The number of carbonyl (C=O) groups is 2. The topological polar surface area (TPSA) is 79.1 Å². The SMILES string of the molecule is NC(=O)[C@]12C[CH]C[C@H](CC1)N2CCN1CCN(C(=O)C2CCCO2)CC1. The van der Waals surface area contributed by atoms with Crippen molar-refractivity contribution in [2.75, 3.05) is 45.9 Å². The highest BCUT2D eigenvalue weighted by atomic mass is 16.5. The van der Waals surface area contributed by atoms with Gasteiger partial charge >= 0.3 is 0 Å². The molecule has 0 spiro atoms. The largest absolute Gasteiger partial charge is 0.368 e. The van der Waals surface area contributed by atoms with Gasteiger partial charge in [0.1, 0.15) is 11.6 Å². The van der Waals surface area contributed by atoms with Crippen LogP contribution in [-0.4, -0.2) is 90.1 Å². The number of piperazine rings is 1. The van der Waals surface area contributed by atoms with Crippen LogP contribution < -0.4 is 5.73 Å². The molecule has 4 fully saturated rings. The summed E-state index contributed by atoms with van der Waals surface area (Å²) in [5.41, 5.74) is 5.34. The molecule has 4 aliphatic rings. The molecule has 0 aromatic carbocycles. The molecule has 1 unspecified atom stereocenters. The number of amides is 2. The molecule has 2 N–H and O–H groups in total. The summed E-state index contributed by atoms with van der Waals surface area (Å²) < 4.78 is 5.53. The average molecular weight is 363 g/mol. The lowest BCUT2D eigenvalue weighted by Crippen LogP contribution is -2.60. The zero-order chi connectivity index (χ0) is 18.1. The number of ether oxygens (including phenoxy) is 1. The Balaban J connectivity index is 1.27. The summed E-state index contributed by atoms with van der Waals surface area (Å²) in [7, 11) is 0. The summed E-state index contributed by atoms with van der Waals surface area (Å²) in [4.78, 5) is 31.3. The summed E-state index contributed by atoms with van der Waals surface area (Å²) in [5, 5.41) is 0. The Morgan fingerprint density at radius 3 is 2.65 bits per heavy atom. The first-order valence-electron chi connectivity index (χ1n) is 10.1. The maximum absolute atomic E-state index is 12.4. The number of carbonyl (C=O) groups excluding carboxylic acids is 2. The molecule has 0 aromatic heterocycles. The fourth-order valence-corrected chi connectivity index (χ4v) is 5.21. The number of piperidine rings is 1. The molecule has 0 aromatic rings. The lowest BCUT2D eigenvalue weighted by Gasteiger charge is -2.44. The van der Waals surface area contributed by atoms with Gasteiger partial charge in [-0.25, -0.2) is 0 Å². The summed E-state index contributed by atoms with van der Waals surface area (Å²) in [5.74, 6) is 0.00220. The second kappa shape index (κ2) is 7.44. The van der Waals surface area contributed by atoms with Crippen LogP contribution in [0.1, 0.15) is 38.5 Å². The van der Waals surface area contributed by atoms with Crippen molar-refractivity contribution in [1.82, 2.24) is 14.7 Å². The first-order chi connectivity index (χ1) is 12.6. The monoisotopic (exact) mass is 363 g/mol. The van der Waals surface area contributed by atoms with E-state index in [2.05, 4.69) is 16.2 Å². The molecule has 4 saturated heterocycles. The van der Waals surface area contributed by atoms with Crippen LogP contribution in [0.15, 0.2) is 0 Å². The van der Waals surface area contributed by atoms with Gasteiger partial charge in [-0.1, -0.05) is 0 Å². The van der Waals surface area contributed by atoms with Gasteiger partial charge in [0.05, 0.1) is 0 Å². The normalized spacial score (nSPS) is 35.8. The van der Waals surface area contributed by atoms with Gasteiger partial charge in [0, 0.05) is 51.9 Å². The van der Waals surface area contributed by atoms with E-state index < -0.39 is 5.54 Å². The molecule has 26 heavy (non-hydrogen) atoms. The predicted molar refractivity (Wildman–Crippen MR) is 97.2 cm³/mol. The van der Waals surface area contributed by atoms with Crippen LogP contribution in [-0.2, 0) is 14.3 Å².